The van der Waals surface area contributed by atoms with E-state index in [9.17, 15) is 5.11 Å². The van der Waals surface area contributed by atoms with Crippen LogP contribution in [0.2, 0.25) is 0 Å². The van der Waals surface area contributed by atoms with Gasteiger partial charge in [-0.05, 0) is 31.1 Å². The number of rotatable bonds is 6. The van der Waals surface area contributed by atoms with Crippen LogP contribution >= 0.6 is 11.8 Å². The van der Waals surface area contributed by atoms with Gasteiger partial charge in [-0.3, -0.25) is 4.99 Å². The van der Waals surface area contributed by atoms with E-state index < -0.39 is 5.60 Å². The molecule has 2 rings (SSSR count). The van der Waals surface area contributed by atoms with Crippen LogP contribution in [0.25, 0.3) is 0 Å². The minimum Gasteiger partial charge on any atom is -0.387 e. The molecule has 5 heteroatoms. The summed E-state index contributed by atoms with van der Waals surface area (Å²) >= 11 is 1.80. The van der Waals surface area contributed by atoms with Gasteiger partial charge in [-0.15, -0.1) is 0 Å². The Kier molecular flexibility index (Phi) is 6.39. The van der Waals surface area contributed by atoms with Gasteiger partial charge in [0, 0.05) is 18.8 Å². The molecule has 0 radical (unpaired) electrons. The summed E-state index contributed by atoms with van der Waals surface area (Å²) in [6.07, 6.45) is 1.80. The number of nitrogens with zero attached hydrogens (tertiary/aromatic N) is 1. The van der Waals surface area contributed by atoms with E-state index in [-0.39, 0.29) is 0 Å². The van der Waals surface area contributed by atoms with Gasteiger partial charge in [0.2, 0.25) is 0 Å². The van der Waals surface area contributed by atoms with Crippen molar-refractivity contribution in [2.24, 2.45) is 4.99 Å². The second-order valence-corrected chi connectivity index (χ2v) is 6.49. The fourth-order valence-electron chi connectivity index (χ4n) is 2.26. The van der Waals surface area contributed by atoms with E-state index in [1.807, 2.05) is 6.07 Å². The Morgan fingerprint density at radius 1 is 1.33 bits per heavy atom. The monoisotopic (exact) mass is 307 g/mol. The smallest absolute Gasteiger partial charge is 0.191 e. The molecule has 116 valence electrons. The first kappa shape index (κ1) is 16.2. The van der Waals surface area contributed by atoms with Crippen molar-refractivity contribution < 1.29 is 5.11 Å². The fourth-order valence-corrected chi connectivity index (χ4v) is 3.54. The summed E-state index contributed by atoms with van der Waals surface area (Å²) in [4.78, 5) is 4.53. The van der Waals surface area contributed by atoms with E-state index in [0.29, 0.717) is 6.54 Å². The third kappa shape index (κ3) is 5.59. The van der Waals surface area contributed by atoms with Crippen LogP contribution in [0, 0.1) is 0 Å². The molecule has 1 aromatic carbocycles. The first-order valence-electron chi connectivity index (χ1n) is 7.58. The lowest BCUT2D eigenvalue weighted by atomic mass is 10.1. The highest BCUT2D eigenvalue weighted by atomic mass is 32.2. The zero-order chi connectivity index (χ0) is 15.0. The maximum absolute atomic E-state index is 10.3. The summed E-state index contributed by atoms with van der Waals surface area (Å²) in [5.41, 5.74) is 0.693. The second kappa shape index (κ2) is 8.29. The number of hydrogen-bond donors (Lipinski definition) is 3. The number of aliphatic hydroxyl groups is 1. The Morgan fingerprint density at radius 3 is 2.81 bits per heavy atom. The van der Waals surface area contributed by atoms with Crippen LogP contribution in [-0.4, -0.2) is 47.8 Å². The molecule has 1 unspecified atom stereocenters. The van der Waals surface area contributed by atoms with Gasteiger partial charge in [0.25, 0.3) is 0 Å². The summed E-state index contributed by atoms with van der Waals surface area (Å²) in [7, 11) is 0. The SMILES string of the molecule is CCNC(=NCC1(O)CCSC1)NCCc1ccccc1. The molecular formula is C16H25N3OS. The van der Waals surface area contributed by atoms with Crippen molar-refractivity contribution in [2.45, 2.75) is 25.4 Å². The molecule has 1 aliphatic rings. The number of benzene rings is 1. The minimum atomic E-state index is -0.619. The van der Waals surface area contributed by atoms with Gasteiger partial charge in [-0.1, -0.05) is 30.3 Å². The van der Waals surface area contributed by atoms with Crippen molar-refractivity contribution in [2.75, 3.05) is 31.1 Å². The first-order valence-corrected chi connectivity index (χ1v) is 8.73. The molecule has 21 heavy (non-hydrogen) atoms. The molecule has 1 saturated heterocycles. The van der Waals surface area contributed by atoms with Crippen LogP contribution in [0.5, 0.6) is 0 Å². The van der Waals surface area contributed by atoms with Crippen LogP contribution in [0.1, 0.15) is 18.9 Å². The Hall–Kier alpha value is -1.20. The highest BCUT2D eigenvalue weighted by molar-refractivity contribution is 7.99. The third-order valence-electron chi connectivity index (χ3n) is 3.51. The molecular weight excluding hydrogens is 282 g/mol. The van der Waals surface area contributed by atoms with E-state index in [1.165, 1.54) is 5.56 Å². The van der Waals surface area contributed by atoms with Gasteiger partial charge in [0.1, 0.15) is 0 Å². The number of thioether (sulfide) groups is 1. The standard InChI is InChI=1S/C16H25N3OS/c1-2-17-15(19-12-16(20)9-11-21-13-16)18-10-8-14-6-4-3-5-7-14/h3-7,20H,2,8-13H2,1H3,(H2,17,18,19). The van der Waals surface area contributed by atoms with E-state index in [2.05, 4.69) is 46.8 Å². The zero-order valence-electron chi connectivity index (χ0n) is 12.6. The Bertz CT molecular complexity index is 444. The molecule has 1 aromatic rings. The molecule has 0 bridgehead atoms. The summed E-state index contributed by atoms with van der Waals surface area (Å²) in [5.74, 6) is 2.61. The van der Waals surface area contributed by atoms with Crippen LogP contribution < -0.4 is 10.6 Å². The van der Waals surface area contributed by atoms with Crippen molar-refractivity contribution in [3.05, 3.63) is 35.9 Å². The van der Waals surface area contributed by atoms with Gasteiger partial charge in [-0.25, -0.2) is 0 Å². The Balaban J connectivity index is 1.80. The molecule has 0 spiro atoms. The highest BCUT2D eigenvalue weighted by Crippen LogP contribution is 2.27. The summed E-state index contributed by atoms with van der Waals surface area (Å²) in [6, 6.07) is 10.4. The molecule has 0 amide bonds. The molecule has 0 aromatic heterocycles. The highest BCUT2D eigenvalue weighted by Gasteiger charge is 2.31. The van der Waals surface area contributed by atoms with Gasteiger partial charge in [0.15, 0.2) is 5.96 Å². The molecule has 1 fully saturated rings. The molecule has 1 aliphatic heterocycles. The van der Waals surface area contributed by atoms with Gasteiger partial charge in [0.05, 0.1) is 12.1 Å². The van der Waals surface area contributed by atoms with Crippen molar-refractivity contribution >= 4 is 17.7 Å². The van der Waals surface area contributed by atoms with Crippen molar-refractivity contribution in [3.8, 4) is 0 Å². The van der Waals surface area contributed by atoms with Crippen LogP contribution in [0.4, 0.5) is 0 Å². The Labute approximate surface area is 131 Å². The molecule has 3 N–H and O–H groups in total. The fraction of sp³-hybridized carbons (Fsp3) is 0.562. The zero-order valence-corrected chi connectivity index (χ0v) is 13.5. The van der Waals surface area contributed by atoms with Gasteiger partial charge in [-0.2, -0.15) is 11.8 Å². The van der Waals surface area contributed by atoms with E-state index in [4.69, 9.17) is 0 Å². The lowest BCUT2D eigenvalue weighted by Crippen LogP contribution is -2.40. The normalized spacial score (nSPS) is 22.3. The lowest BCUT2D eigenvalue weighted by molar-refractivity contribution is 0.0778. The van der Waals surface area contributed by atoms with Crippen molar-refractivity contribution in [1.29, 1.82) is 0 Å². The first-order chi connectivity index (χ1) is 10.2. The lowest BCUT2D eigenvalue weighted by Gasteiger charge is -2.19. The molecule has 0 aliphatic carbocycles. The predicted octanol–water partition coefficient (Wildman–Crippen LogP) is 1.65. The number of nitrogens with one attached hydrogen (secondary N) is 2. The number of aliphatic imine (C=N–C) groups is 1. The largest absolute Gasteiger partial charge is 0.387 e. The summed E-state index contributed by atoms with van der Waals surface area (Å²) in [5, 5.41) is 16.9. The number of hydrogen-bond acceptors (Lipinski definition) is 3. The minimum absolute atomic E-state index is 0.473. The average Bonchev–Trinajstić information content (AvgIpc) is 2.93. The topological polar surface area (TPSA) is 56.7 Å². The summed E-state index contributed by atoms with van der Waals surface area (Å²) < 4.78 is 0. The average molecular weight is 307 g/mol. The van der Waals surface area contributed by atoms with E-state index >= 15 is 0 Å². The van der Waals surface area contributed by atoms with E-state index in [0.717, 1.165) is 43.4 Å². The van der Waals surface area contributed by atoms with Crippen LogP contribution in [0.15, 0.2) is 35.3 Å². The van der Waals surface area contributed by atoms with E-state index in [1.54, 1.807) is 11.8 Å². The van der Waals surface area contributed by atoms with Crippen LogP contribution in [-0.2, 0) is 6.42 Å². The molecule has 1 atom stereocenters. The second-order valence-electron chi connectivity index (χ2n) is 5.38. The third-order valence-corrected chi connectivity index (χ3v) is 4.74. The quantitative estimate of drug-likeness (QED) is 0.552. The summed E-state index contributed by atoms with van der Waals surface area (Å²) in [6.45, 7) is 4.18. The maximum atomic E-state index is 10.3. The maximum Gasteiger partial charge on any atom is 0.191 e. The number of guanidine groups is 1. The van der Waals surface area contributed by atoms with Crippen molar-refractivity contribution in [1.82, 2.24) is 10.6 Å². The molecule has 0 saturated carbocycles. The van der Waals surface area contributed by atoms with Gasteiger partial charge < -0.3 is 15.7 Å². The predicted molar refractivity (Wildman–Crippen MR) is 91.0 cm³/mol. The van der Waals surface area contributed by atoms with Crippen LogP contribution in [0.3, 0.4) is 0 Å². The van der Waals surface area contributed by atoms with Crippen molar-refractivity contribution in [3.63, 3.8) is 0 Å². The molecule has 4 nitrogen and oxygen atoms in total. The van der Waals surface area contributed by atoms with Gasteiger partial charge >= 0.3 is 0 Å². The molecule has 1 heterocycles. The Morgan fingerprint density at radius 2 is 2.14 bits per heavy atom.